The van der Waals surface area contributed by atoms with Crippen molar-refractivity contribution in [2.24, 2.45) is 5.92 Å². The van der Waals surface area contributed by atoms with Gasteiger partial charge in [-0.05, 0) is 30.9 Å². The van der Waals surface area contributed by atoms with Crippen molar-refractivity contribution in [3.63, 3.8) is 0 Å². The minimum absolute atomic E-state index is 0.208. The van der Waals surface area contributed by atoms with E-state index in [1.165, 1.54) is 6.07 Å². The maximum Gasteiger partial charge on any atom is 0.127 e. The van der Waals surface area contributed by atoms with E-state index in [-0.39, 0.29) is 10.6 Å². The lowest BCUT2D eigenvalue weighted by Gasteiger charge is -2.18. The molecule has 3 heteroatoms. The Hall–Kier alpha value is -0.0800. The topological polar surface area (TPSA) is 0 Å². The van der Waals surface area contributed by atoms with Crippen LogP contribution in [0.4, 0.5) is 4.39 Å². The maximum absolute atomic E-state index is 13.6. The Balaban J connectivity index is 2.72. The van der Waals surface area contributed by atoms with Crippen molar-refractivity contribution >= 4 is 27.5 Å². The van der Waals surface area contributed by atoms with Crippen molar-refractivity contribution in [2.45, 2.75) is 37.9 Å². The van der Waals surface area contributed by atoms with Crippen LogP contribution in [0, 0.1) is 11.7 Å². The molecule has 0 saturated heterocycles. The first-order chi connectivity index (χ1) is 7.56. The Morgan fingerprint density at radius 3 is 2.69 bits per heavy atom. The molecule has 1 aromatic rings. The van der Waals surface area contributed by atoms with Crippen LogP contribution in [-0.2, 0) is 6.42 Å². The lowest BCUT2D eigenvalue weighted by molar-refractivity contribution is 0.498. The molecule has 0 N–H and O–H groups in total. The van der Waals surface area contributed by atoms with Crippen LogP contribution in [0.1, 0.15) is 32.3 Å². The van der Waals surface area contributed by atoms with Crippen LogP contribution in [0.2, 0.25) is 5.02 Å². The second kappa shape index (κ2) is 6.61. The molecular formula is C13H17BrClF. The molecule has 0 aliphatic carbocycles. The fraction of sp³-hybridized carbons (Fsp3) is 0.538. The zero-order chi connectivity index (χ0) is 12.1. The standard InChI is InChI=1S/C13H17BrClF/c1-3-5-9(2)11(14)8-10-12(15)6-4-7-13(10)16/h4,6-7,9,11H,3,5,8H2,1-2H3. The summed E-state index contributed by atoms with van der Waals surface area (Å²) in [4.78, 5) is 0.279. The van der Waals surface area contributed by atoms with Crippen LogP contribution < -0.4 is 0 Å². The number of hydrogen-bond donors (Lipinski definition) is 0. The van der Waals surface area contributed by atoms with E-state index in [1.54, 1.807) is 12.1 Å². The van der Waals surface area contributed by atoms with E-state index in [4.69, 9.17) is 11.6 Å². The molecule has 0 spiro atoms. The zero-order valence-electron chi connectivity index (χ0n) is 9.64. The summed E-state index contributed by atoms with van der Waals surface area (Å²) in [7, 11) is 0. The van der Waals surface area contributed by atoms with Crippen LogP contribution in [0.3, 0.4) is 0 Å². The molecule has 0 heterocycles. The Morgan fingerprint density at radius 2 is 2.12 bits per heavy atom. The van der Waals surface area contributed by atoms with Gasteiger partial charge in [-0.25, -0.2) is 4.39 Å². The fourth-order valence-electron chi connectivity index (χ4n) is 1.76. The first-order valence-corrected chi connectivity index (χ1v) is 6.92. The van der Waals surface area contributed by atoms with Crippen molar-refractivity contribution in [3.8, 4) is 0 Å². The highest BCUT2D eigenvalue weighted by molar-refractivity contribution is 9.09. The van der Waals surface area contributed by atoms with Gasteiger partial charge in [0.1, 0.15) is 5.82 Å². The third-order valence-electron chi connectivity index (χ3n) is 2.82. The monoisotopic (exact) mass is 306 g/mol. The quantitative estimate of drug-likeness (QED) is 0.654. The Bertz CT molecular complexity index is 320. The molecular weight excluding hydrogens is 290 g/mol. The lowest BCUT2D eigenvalue weighted by Crippen LogP contribution is -2.14. The molecule has 0 saturated carbocycles. The molecule has 0 radical (unpaired) electrons. The molecule has 2 atom stereocenters. The van der Waals surface area contributed by atoms with E-state index in [0.29, 0.717) is 22.9 Å². The van der Waals surface area contributed by atoms with Gasteiger partial charge < -0.3 is 0 Å². The van der Waals surface area contributed by atoms with Gasteiger partial charge in [-0.1, -0.05) is 53.9 Å². The lowest BCUT2D eigenvalue weighted by atomic mass is 9.97. The molecule has 1 rings (SSSR count). The van der Waals surface area contributed by atoms with Gasteiger partial charge >= 0.3 is 0 Å². The number of benzene rings is 1. The van der Waals surface area contributed by atoms with E-state index in [9.17, 15) is 4.39 Å². The van der Waals surface area contributed by atoms with E-state index < -0.39 is 0 Å². The number of halogens is 3. The molecule has 1 aromatic carbocycles. The number of alkyl halides is 1. The minimum atomic E-state index is -0.208. The number of hydrogen-bond acceptors (Lipinski definition) is 0. The molecule has 0 amide bonds. The summed E-state index contributed by atoms with van der Waals surface area (Å²) in [5.41, 5.74) is 0.619. The van der Waals surface area contributed by atoms with Crippen molar-refractivity contribution in [2.75, 3.05) is 0 Å². The van der Waals surface area contributed by atoms with Gasteiger partial charge in [-0.2, -0.15) is 0 Å². The average Bonchev–Trinajstić information content (AvgIpc) is 2.23. The molecule has 0 fully saturated rings. The molecule has 16 heavy (non-hydrogen) atoms. The molecule has 0 aliphatic heterocycles. The van der Waals surface area contributed by atoms with Gasteiger partial charge in [0.15, 0.2) is 0 Å². The van der Waals surface area contributed by atoms with Crippen LogP contribution >= 0.6 is 27.5 Å². The summed E-state index contributed by atoms with van der Waals surface area (Å²) in [6.45, 7) is 4.34. The van der Waals surface area contributed by atoms with Crippen molar-refractivity contribution in [1.82, 2.24) is 0 Å². The van der Waals surface area contributed by atoms with Crippen molar-refractivity contribution in [1.29, 1.82) is 0 Å². The van der Waals surface area contributed by atoms with Crippen LogP contribution in [0.5, 0.6) is 0 Å². The summed E-state index contributed by atoms with van der Waals surface area (Å²) >= 11 is 9.62. The smallest absolute Gasteiger partial charge is 0.127 e. The molecule has 0 nitrogen and oxygen atoms in total. The van der Waals surface area contributed by atoms with Gasteiger partial charge in [0.05, 0.1) is 0 Å². The highest BCUT2D eigenvalue weighted by Gasteiger charge is 2.17. The Morgan fingerprint density at radius 1 is 1.44 bits per heavy atom. The van der Waals surface area contributed by atoms with E-state index in [1.807, 2.05) is 0 Å². The summed E-state index contributed by atoms with van der Waals surface area (Å²) in [6, 6.07) is 4.84. The van der Waals surface area contributed by atoms with Gasteiger partial charge in [0, 0.05) is 15.4 Å². The second-order valence-electron chi connectivity index (χ2n) is 4.19. The van der Waals surface area contributed by atoms with E-state index in [2.05, 4.69) is 29.8 Å². The summed E-state index contributed by atoms with van der Waals surface area (Å²) in [5, 5.41) is 0.521. The first kappa shape index (κ1) is 14.0. The summed E-state index contributed by atoms with van der Waals surface area (Å²) in [5.74, 6) is 0.321. The number of rotatable bonds is 5. The highest BCUT2D eigenvalue weighted by Crippen LogP contribution is 2.27. The molecule has 0 aliphatic rings. The summed E-state index contributed by atoms with van der Waals surface area (Å²) in [6.07, 6.45) is 2.93. The molecule has 90 valence electrons. The van der Waals surface area contributed by atoms with Crippen LogP contribution in [0.25, 0.3) is 0 Å². The highest BCUT2D eigenvalue weighted by atomic mass is 79.9. The molecule has 2 unspecified atom stereocenters. The van der Waals surface area contributed by atoms with Crippen LogP contribution in [-0.4, -0.2) is 4.83 Å². The second-order valence-corrected chi connectivity index (χ2v) is 5.77. The first-order valence-electron chi connectivity index (χ1n) is 5.63. The third kappa shape index (κ3) is 3.74. The predicted molar refractivity (Wildman–Crippen MR) is 71.9 cm³/mol. The Kier molecular flexibility index (Phi) is 5.77. The van der Waals surface area contributed by atoms with Gasteiger partial charge in [-0.15, -0.1) is 0 Å². The van der Waals surface area contributed by atoms with Crippen LogP contribution in [0.15, 0.2) is 18.2 Å². The third-order valence-corrected chi connectivity index (χ3v) is 4.40. The van der Waals surface area contributed by atoms with E-state index >= 15 is 0 Å². The SMILES string of the molecule is CCCC(C)C(Br)Cc1c(F)cccc1Cl. The Labute approximate surface area is 110 Å². The average molecular weight is 308 g/mol. The predicted octanol–water partition coefficient (Wildman–Crippen LogP) is 5.22. The fourth-order valence-corrected chi connectivity index (χ4v) is 2.59. The van der Waals surface area contributed by atoms with Gasteiger partial charge in [0.25, 0.3) is 0 Å². The van der Waals surface area contributed by atoms with Crippen molar-refractivity contribution in [3.05, 3.63) is 34.6 Å². The van der Waals surface area contributed by atoms with E-state index in [0.717, 1.165) is 12.8 Å². The minimum Gasteiger partial charge on any atom is -0.207 e. The zero-order valence-corrected chi connectivity index (χ0v) is 12.0. The van der Waals surface area contributed by atoms with Gasteiger partial charge in [-0.3, -0.25) is 0 Å². The maximum atomic E-state index is 13.6. The largest absolute Gasteiger partial charge is 0.207 e. The normalized spacial score (nSPS) is 14.8. The molecule has 0 bridgehead atoms. The summed E-state index contributed by atoms with van der Waals surface area (Å²) < 4.78 is 13.6. The van der Waals surface area contributed by atoms with Gasteiger partial charge in [0.2, 0.25) is 0 Å². The molecule has 0 aromatic heterocycles. The van der Waals surface area contributed by atoms with Crippen molar-refractivity contribution < 1.29 is 4.39 Å².